The van der Waals surface area contributed by atoms with Gasteiger partial charge in [0.1, 0.15) is 0 Å². The van der Waals surface area contributed by atoms with Crippen LogP contribution in [0.3, 0.4) is 0 Å². The summed E-state index contributed by atoms with van der Waals surface area (Å²) in [6, 6.07) is 0. The van der Waals surface area contributed by atoms with Crippen LogP contribution >= 0.6 is 6.72 Å². The van der Waals surface area contributed by atoms with E-state index in [-0.39, 0.29) is 0 Å². The standard InChI is InChI=1S/C3H11O3PSSi/c1-9(2,3)6-7(4,5)8/h1-3H3,(H2,4,5,8). The molecule has 0 fully saturated rings. The highest BCUT2D eigenvalue weighted by Crippen LogP contribution is 2.39. The van der Waals surface area contributed by atoms with Gasteiger partial charge in [-0.15, -0.1) is 0 Å². The van der Waals surface area contributed by atoms with Gasteiger partial charge in [-0.1, -0.05) is 0 Å². The summed E-state index contributed by atoms with van der Waals surface area (Å²) in [7, 11) is -1.85. The first-order valence-corrected chi connectivity index (χ1v) is 8.50. The van der Waals surface area contributed by atoms with Crippen LogP contribution in [0.2, 0.25) is 19.6 Å². The Bertz CT molecular complexity index is 136. The molecule has 3 nitrogen and oxygen atoms in total. The number of hydrogen-bond acceptors (Lipinski definition) is 2. The molecular weight excluding hydrogens is 175 g/mol. The van der Waals surface area contributed by atoms with Crippen LogP contribution in [-0.4, -0.2) is 18.1 Å². The van der Waals surface area contributed by atoms with E-state index in [4.69, 9.17) is 14.0 Å². The zero-order valence-corrected chi connectivity index (χ0v) is 8.37. The van der Waals surface area contributed by atoms with E-state index in [0.29, 0.717) is 0 Å². The van der Waals surface area contributed by atoms with Gasteiger partial charge in [0.2, 0.25) is 0 Å². The summed E-state index contributed by atoms with van der Waals surface area (Å²) in [5.41, 5.74) is 0. The largest absolute Gasteiger partial charge is 0.351 e. The molecule has 0 spiro atoms. The molecule has 0 aliphatic heterocycles. The zero-order chi connectivity index (χ0) is 7.71. The second kappa shape index (κ2) is 2.78. The van der Waals surface area contributed by atoms with Crippen molar-refractivity contribution in [3.05, 3.63) is 0 Å². The highest BCUT2D eigenvalue weighted by atomic mass is 32.5. The van der Waals surface area contributed by atoms with Crippen LogP contribution in [0.4, 0.5) is 0 Å². The minimum atomic E-state index is -3.39. The summed E-state index contributed by atoms with van der Waals surface area (Å²) >= 11 is 4.27. The summed E-state index contributed by atoms with van der Waals surface area (Å²) in [4.78, 5) is 17.3. The number of rotatable bonds is 2. The lowest BCUT2D eigenvalue weighted by atomic mass is 11.8. The topological polar surface area (TPSA) is 49.7 Å². The van der Waals surface area contributed by atoms with Gasteiger partial charge in [0.15, 0.2) is 8.32 Å². The molecule has 0 aromatic rings. The van der Waals surface area contributed by atoms with E-state index in [0.717, 1.165) is 0 Å². The quantitative estimate of drug-likeness (QED) is 0.500. The lowest BCUT2D eigenvalue weighted by molar-refractivity contribution is 0.369. The van der Waals surface area contributed by atoms with Gasteiger partial charge in [-0.2, -0.15) is 0 Å². The first-order valence-electron chi connectivity index (χ1n) is 2.47. The average Bonchev–Trinajstić information content (AvgIpc) is 1.14. The Labute approximate surface area is 61.1 Å². The molecule has 6 heteroatoms. The Morgan fingerprint density at radius 1 is 1.33 bits per heavy atom. The normalized spacial score (nSPS) is 13.9. The van der Waals surface area contributed by atoms with Crippen LogP contribution in [0.1, 0.15) is 0 Å². The van der Waals surface area contributed by atoms with E-state index in [2.05, 4.69) is 11.8 Å². The van der Waals surface area contributed by atoms with E-state index in [9.17, 15) is 0 Å². The number of hydrogen-bond donors (Lipinski definition) is 2. The van der Waals surface area contributed by atoms with E-state index in [1.165, 1.54) is 0 Å². The van der Waals surface area contributed by atoms with Gasteiger partial charge in [-0.3, -0.25) is 0 Å². The van der Waals surface area contributed by atoms with Gasteiger partial charge >= 0.3 is 6.72 Å². The molecule has 0 aliphatic carbocycles. The van der Waals surface area contributed by atoms with Crippen molar-refractivity contribution in [2.75, 3.05) is 0 Å². The van der Waals surface area contributed by atoms with Crippen LogP contribution in [0.15, 0.2) is 0 Å². The fraction of sp³-hybridized carbons (Fsp3) is 1.00. The molecule has 9 heavy (non-hydrogen) atoms. The van der Waals surface area contributed by atoms with E-state index < -0.39 is 15.0 Å². The van der Waals surface area contributed by atoms with Crippen molar-refractivity contribution >= 4 is 26.8 Å². The smallest absolute Gasteiger partial charge is 0.311 e. The van der Waals surface area contributed by atoms with Crippen LogP contribution in [0, 0.1) is 0 Å². The van der Waals surface area contributed by atoms with Crippen molar-refractivity contribution in [1.82, 2.24) is 0 Å². The molecule has 0 aromatic carbocycles. The summed E-state index contributed by atoms with van der Waals surface area (Å²) in [6.45, 7) is 2.15. The fourth-order valence-electron chi connectivity index (χ4n) is 0.357. The van der Waals surface area contributed by atoms with Crippen LogP contribution in [-0.2, 0) is 16.0 Å². The molecule has 0 bridgehead atoms. The van der Waals surface area contributed by atoms with Gasteiger partial charge in [0.05, 0.1) is 0 Å². The molecular formula is C3H11O3PSSi. The van der Waals surface area contributed by atoms with Crippen LogP contribution in [0.25, 0.3) is 0 Å². The third-order valence-corrected chi connectivity index (χ3v) is 4.21. The molecule has 0 rings (SSSR count). The summed E-state index contributed by atoms with van der Waals surface area (Å²) in [5.74, 6) is 0. The maximum absolute atomic E-state index is 8.65. The van der Waals surface area contributed by atoms with Gasteiger partial charge in [0, 0.05) is 0 Å². The molecule has 0 saturated heterocycles. The molecule has 56 valence electrons. The molecule has 0 amide bonds. The van der Waals surface area contributed by atoms with Crippen molar-refractivity contribution in [3.8, 4) is 0 Å². The minimum Gasteiger partial charge on any atom is -0.351 e. The van der Waals surface area contributed by atoms with Gasteiger partial charge in [0.25, 0.3) is 0 Å². The second-order valence-electron chi connectivity index (χ2n) is 2.69. The molecule has 0 saturated carbocycles. The highest BCUT2D eigenvalue weighted by molar-refractivity contribution is 8.07. The third kappa shape index (κ3) is 8.75. The maximum atomic E-state index is 8.65. The molecule has 0 unspecified atom stereocenters. The molecule has 2 N–H and O–H groups in total. The van der Waals surface area contributed by atoms with Crippen molar-refractivity contribution in [3.63, 3.8) is 0 Å². The van der Waals surface area contributed by atoms with Gasteiger partial charge in [-0.05, 0) is 31.4 Å². The molecule has 0 radical (unpaired) electrons. The van der Waals surface area contributed by atoms with Crippen molar-refractivity contribution < 1.29 is 14.0 Å². The Kier molecular flexibility index (Phi) is 3.01. The predicted molar refractivity (Wildman–Crippen MR) is 43.2 cm³/mol. The average molecular weight is 186 g/mol. The third-order valence-electron chi connectivity index (χ3n) is 0.393. The first kappa shape index (κ1) is 9.75. The molecule has 0 heterocycles. The van der Waals surface area contributed by atoms with E-state index in [1.807, 2.05) is 19.6 Å². The van der Waals surface area contributed by atoms with E-state index in [1.54, 1.807) is 0 Å². The molecule has 0 aliphatic rings. The highest BCUT2D eigenvalue weighted by Gasteiger charge is 2.22. The first-order chi connectivity index (χ1) is 3.71. The maximum Gasteiger partial charge on any atom is 0.311 e. The Balaban J connectivity index is 3.90. The van der Waals surface area contributed by atoms with Crippen molar-refractivity contribution in [2.45, 2.75) is 19.6 Å². The SMILES string of the molecule is C[Si](C)(C)OP(O)(O)=S. The Morgan fingerprint density at radius 3 is 1.67 bits per heavy atom. The van der Waals surface area contributed by atoms with E-state index >= 15 is 0 Å². The monoisotopic (exact) mass is 186 g/mol. The summed E-state index contributed by atoms with van der Waals surface area (Å²) in [5, 5.41) is 0. The summed E-state index contributed by atoms with van der Waals surface area (Å²) < 4.78 is 4.80. The van der Waals surface area contributed by atoms with Gasteiger partial charge < -0.3 is 14.0 Å². The lowest BCUT2D eigenvalue weighted by Gasteiger charge is -2.19. The lowest BCUT2D eigenvalue weighted by Crippen LogP contribution is -2.23. The summed E-state index contributed by atoms with van der Waals surface area (Å²) in [6.07, 6.45) is 0. The Morgan fingerprint density at radius 2 is 1.67 bits per heavy atom. The van der Waals surface area contributed by atoms with Crippen LogP contribution in [0.5, 0.6) is 0 Å². The van der Waals surface area contributed by atoms with Gasteiger partial charge in [-0.25, -0.2) is 0 Å². The molecule has 0 aromatic heterocycles. The predicted octanol–water partition coefficient (Wildman–Crippen LogP) is 1.05. The fourth-order valence-corrected chi connectivity index (χ4v) is 5.22. The second-order valence-corrected chi connectivity index (χ2v) is 10.1. The molecule has 0 atom stereocenters. The minimum absolute atomic E-state index is 1.85. The zero-order valence-electron chi connectivity index (χ0n) is 5.66. The van der Waals surface area contributed by atoms with Crippen LogP contribution < -0.4 is 0 Å². The van der Waals surface area contributed by atoms with Crippen molar-refractivity contribution in [2.24, 2.45) is 0 Å². The Hall–Kier alpha value is 0.747. The van der Waals surface area contributed by atoms with Crippen molar-refractivity contribution in [1.29, 1.82) is 0 Å².